The highest BCUT2D eigenvalue weighted by Gasteiger charge is 2.22. The highest BCUT2D eigenvalue weighted by atomic mass is 16.2. The number of nitrogens with two attached hydrogens (primary N) is 1. The van der Waals surface area contributed by atoms with Gasteiger partial charge < -0.3 is 10.6 Å². The maximum absolute atomic E-state index is 12.0. The third-order valence-electron chi connectivity index (χ3n) is 3.04. The van der Waals surface area contributed by atoms with Gasteiger partial charge in [-0.1, -0.05) is 24.3 Å². The van der Waals surface area contributed by atoms with E-state index in [0.29, 0.717) is 13.1 Å². The maximum Gasteiger partial charge on any atom is 0.241 e. The van der Waals surface area contributed by atoms with Crippen LogP contribution >= 0.6 is 0 Å². The zero-order valence-electron chi connectivity index (χ0n) is 10.7. The van der Waals surface area contributed by atoms with Crippen LogP contribution in [0.25, 0.3) is 6.08 Å². The van der Waals surface area contributed by atoms with Crippen LogP contribution < -0.4 is 10.6 Å². The van der Waals surface area contributed by atoms with E-state index in [1.54, 1.807) is 0 Å². The summed E-state index contributed by atoms with van der Waals surface area (Å²) in [5.74, 6) is 0.156. The van der Waals surface area contributed by atoms with Gasteiger partial charge in [0.25, 0.3) is 0 Å². The summed E-state index contributed by atoms with van der Waals surface area (Å²) in [4.78, 5) is 15.9. The van der Waals surface area contributed by atoms with Gasteiger partial charge in [-0.05, 0) is 24.7 Å². The minimum atomic E-state index is 0.156. The van der Waals surface area contributed by atoms with Crippen LogP contribution in [0, 0.1) is 0 Å². The molecule has 1 aromatic rings. The Morgan fingerprint density at radius 1 is 1.39 bits per heavy atom. The molecule has 0 atom stereocenters. The quantitative estimate of drug-likeness (QED) is 0.862. The first-order valence-corrected chi connectivity index (χ1v) is 6.16. The van der Waals surface area contributed by atoms with E-state index in [-0.39, 0.29) is 5.91 Å². The minimum absolute atomic E-state index is 0.156. The fourth-order valence-corrected chi connectivity index (χ4v) is 2.06. The second-order valence-corrected chi connectivity index (χ2v) is 4.52. The van der Waals surface area contributed by atoms with Gasteiger partial charge in [-0.25, -0.2) is 0 Å². The number of piperazine rings is 1. The summed E-state index contributed by atoms with van der Waals surface area (Å²) in [6.45, 7) is 2.68. The number of hydrogen-bond acceptors (Lipinski definition) is 3. The number of carbonyl (C=O) groups excluding carboxylic acids is 1. The summed E-state index contributed by atoms with van der Waals surface area (Å²) >= 11 is 0. The molecule has 0 aromatic heterocycles. The lowest BCUT2D eigenvalue weighted by Crippen LogP contribution is -2.48. The van der Waals surface area contributed by atoms with Crippen molar-refractivity contribution >= 4 is 17.7 Å². The molecule has 0 radical (unpaired) electrons. The number of likely N-dealkylation sites (N-methyl/N-ethyl adjacent to an activating group) is 1. The lowest BCUT2D eigenvalue weighted by Gasteiger charge is -2.32. The van der Waals surface area contributed by atoms with Crippen molar-refractivity contribution in [1.29, 1.82) is 0 Å². The van der Waals surface area contributed by atoms with Gasteiger partial charge >= 0.3 is 0 Å². The van der Waals surface area contributed by atoms with Gasteiger partial charge in [0.15, 0.2) is 0 Å². The molecule has 1 saturated heterocycles. The maximum atomic E-state index is 12.0. The van der Waals surface area contributed by atoms with Crippen LogP contribution in [0.3, 0.4) is 0 Å². The molecular formula is C14H19N3O. The monoisotopic (exact) mass is 245 g/mol. The largest absolute Gasteiger partial charge is 0.327 e. The van der Waals surface area contributed by atoms with Crippen LogP contribution in [0.15, 0.2) is 30.3 Å². The van der Waals surface area contributed by atoms with Crippen LogP contribution in [-0.4, -0.2) is 44.0 Å². The van der Waals surface area contributed by atoms with Gasteiger partial charge in [0, 0.05) is 25.3 Å². The van der Waals surface area contributed by atoms with Crippen LogP contribution in [-0.2, 0) is 4.79 Å². The Hall–Kier alpha value is -1.65. The fraction of sp³-hybridized carbons (Fsp3) is 0.357. The van der Waals surface area contributed by atoms with E-state index in [2.05, 4.69) is 0 Å². The molecule has 4 heteroatoms. The summed E-state index contributed by atoms with van der Waals surface area (Å²) in [6, 6.07) is 7.98. The van der Waals surface area contributed by atoms with Crippen molar-refractivity contribution in [2.24, 2.45) is 5.73 Å². The zero-order chi connectivity index (χ0) is 13.0. The summed E-state index contributed by atoms with van der Waals surface area (Å²) in [6.07, 6.45) is 3.88. The molecule has 4 nitrogen and oxygen atoms in total. The van der Waals surface area contributed by atoms with Crippen molar-refractivity contribution in [2.45, 2.75) is 0 Å². The van der Waals surface area contributed by atoms with Gasteiger partial charge in [0.05, 0.1) is 6.54 Å². The number of rotatable bonds is 3. The molecular weight excluding hydrogens is 226 g/mol. The number of anilines is 1. The molecule has 1 aromatic carbocycles. The smallest absolute Gasteiger partial charge is 0.241 e. The standard InChI is InChI=1S/C14H19N3O/c1-16-8-9-17(14(18)11-16)13-6-2-4-12(10-13)5-3-7-15/h2-6,10H,7-9,11,15H2,1H3/b5-3+. The Labute approximate surface area is 108 Å². The van der Waals surface area contributed by atoms with E-state index >= 15 is 0 Å². The van der Waals surface area contributed by atoms with E-state index in [4.69, 9.17) is 5.73 Å². The Bertz CT molecular complexity index is 456. The van der Waals surface area contributed by atoms with Crippen molar-refractivity contribution in [3.63, 3.8) is 0 Å². The first-order valence-electron chi connectivity index (χ1n) is 6.16. The molecule has 1 fully saturated rings. The first-order chi connectivity index (χ1) is 8.70. The second kappa shape index (κ2) is 5.80. The van der Waals surface area contributed by atoms with Crippen molar-refractivity contribution in [3.05, 3.63) is 35.9 Å². The van der Waals surface area contributed by atoms with E-state index in [1.165, 1.54) is 0 Å². The van der Waals surface area contributed by atoms with Gasteiger partial charge in [-0.15, -0.1) is 0 Å². The van der Waals surface area contributed by atoms with E-state index in [9.17, 15) is 4.79 Å². The Balaban J connectivity index is 2.17. The third-order valence-corrected chi connectivity index (χ3v) is 3.04. The van der Waals surface area contributed by atoms with Crippen molar-refractivity contribution in [3.8, 4) is 0 Å². The topological polar surface area (TPSA) is 49.6 Å². The van der Waals surface area contributed by atoms with Crippen molar-refractivity contribution in [1.82, 2.24) is 4.90 Å². The lowest BCUT2D eigenvalue weighted by atomic mass is 10.1. The molecule has 18 heavy (non-hydrogen) atoms. The van der Waals surface area contributed by atoms with E-state index < -0.39 is 0 Å². The second-order valence-electron chi connectivity index (χ2n) is 4.52. The predicted molar refractivity (Wildman–Crippen MR) is 74.4 cm³/mol. The Morgan fingerprint density at radius 3 is 2.94 bits per heavy atom. The molecule has 1 aliphatic heterocycles. The summed E-state index contributed by atoms with van der Waals surface area (Å²) in [7, 11) is 1.97. The van der Waals surface area contributed by atoms with Crippen LogP contribution in [0.4, 0.5) is 5.69 Å². The average Bonchev–Trinajstić information content (AvgIpc) is 2.36. The molecule has 1 heterocycles. The zero-order valence-corrected chi connectivity index (χ0v) is 10.7. The molecule has 2 rings (SSSR count). The lowest BCUT2D eigenvalue weighted by molar-refractivity contribution is -0.120. The number of benzene rings is 1. The molecule has 0 aliphatic carbocycles. The van der Waals surface area contributed by atoms with Crippen LogP contribution in [0.2, 0.25) is 0 Å². The summed E-state index contributed by atoms with van der Waals surface area (Å²) < 4.78 is 0. The number of amides is 1. The molecule has 1 amide bonds. The fourth-order valence-electron chi connectivity index (χ4n) is 2.06. The number of nitrogens with zero attached hydrogens (tertiary/aromatic N) is 2. The van der Waals surface area contributed by atoms with E-state index in [0.717, 1.165) is 24.3 Å². The van der Waals surface area contributed by atoms with Gasteiger partial charge in [-0.2, -0.15) is 0 Å². The molecule has 0 unspecified atom stereocenters. The summed E-state index contributed by atoms with van der Waals surface area (Å²) in [5, 5.41) is 0. The first kappa shape index (κ1) is 12.8. The van der Waals surface area contributed by atoms with E-state index in [1.807, 2.05) is 53.3 Å². The highest BCUT2D eigenvalue weighted by molar-refractivity contribution is 5.95. The van der Waals surface area contributed by atoms with Crippen LogP contribution in [0.1, 0.15) is 5.56 Å². The van der Waals surface area contributed by atoms with Crippen LogP contribution in [0.5, 0.6) is 0 Å². The number of hydrogen-bond donors (Lipinski definition) is 1. The molecule has 0 saturated carbocycles. The molecule has 2 N–H and O–H groups in total. The van der Waals surface area contributed by atoms with Gasteiger partial charge in [0.1, 0.15) is 0 Å². The summed E-state index contributed by atoms with van der Waals surface area (Å²) in [5.41, 5.74) is 7.48. The Morgan fingerprint density at radius 2 is 2.22 bits per heavy atom. The third kappa shape index (κ3) is 2.97. The molecule has 96 valence electrons. The molecule has 1 aliphatic rings. The number of carbonyl (C=O) groups is 1. The average molecular weight is 245 g/mol. The highest BCUT2D eigenvalue weighted by Crippen LogP contribution is 2.19. The van der Waals surface area contributed by atoms with Gasteiger partial charge in [-0.3, -0.25) is 9.69 Å². The van der Waals surface area contributed by atoms with Crippen molar-refractivity contribution < 1.29 is 4.79 Å². The SMILES string of the molecule is CN1CCN(c2cccc(/C=C/CN)c2)C(=O)C1. The van der Waals surface area contributed by atoms with Crippen molar-refractivity contribution in [2.75, 3.05) is 38.1 Å². The molecule has 0 spiro atoms. The van der Waals surface area contributed by atoms with Gasteiger partial charge in [0.2, 0.25) is 5.91 Å². The minimum Gasteiger partial charge on any atom is -0.327 e. The Kier molecular flexibility index (Phi) is 4.12. The predicted octanol–water partition coefficient (Wildman–Crippen LogP) is 0.937. The molecule has 0 bridgehead atoms. The normalized spacial score (nSPS) is 17.7.